The van der Waals surface area contributed by atoms with Crippen LogP contribution >= 0.6 is 0 Å². The van der Waals surface area contributed by atoms with Gasteiger partial charge in [0.05, 0.1) is 24.9 Å². The van der Waals surface area contributed by atoms with Gasteiger partial charge in [0.15, 0.2) is 0 Å². The number of nitrogens with zero attached hydrogens (tertiary/aromatic N) is 3. The highest BCUT2D eigenvalue weighted by Gasteiger charge is 2.31. The Morgan fingerprint density at radius 3 is 2.33 bits per heavy atom. The number of ether oxygens (including phenoxy) is 2. The molecule has 0 spiro atoms. The maximum absolute atomic E-state index is 12.5. The summed E-state index contributed by atoms with van der Waals surface area (Å²) in [4.78, 5) is 9.35. The molecule has 30 heavy (non-hydrogen) atoms. The van der Waals surface area contributed by atoms with Crippen LogP contribution < -0.4 is 4.74 Å². The topological polar surface area (TPSA) is 49.2 Å². The van der Waals surface area contributed by atoms with Crippen molar-refractivity contribution < 1.29 is 22.6 Å². The SMILES string of the molecule is Cc1cc(-c2nc(-c3ccc(OC(F)(F)F)cc3)n3c2CCO[C@H](C)C3)cc(C)n1. The minimum atomic E-state index is -4.72. The van der Waals surface area contributed by atoms with Crippen molar-refractivity contribution in [2.24, 2.45) is 0 Å². The maximum Gasteiger partial charge on any atom is 0.573 e. The maximum atomic E-state index is 12.5. The first-order chi connectivity index (χ1) is 14.2. The molecule has 2 aromatic heterocycles. The molecule has 1 aliphatic rings. The molecule has 0 fully saturated rings. The molecule has 0 bridgehead atoms. The van der Waals surface area contributed by atoms with Gasteiger partial charge in [-0.05, 0) is 57.2 Å². The lowest BCUT2D eigenvalue weighted by molar-refractivity contribution is -0.274. The van der Waals surface area contributed by atoms with E-state index in [1.54, 1.807) is 12.1 Å². The van der Waals surface area contributed by atoms with Gasteiger partial charge in [0.25, 0.3) is 0 Å². The first kappa shape index (κ1) is 20.4. The van der Waals surface area contributed by atoms with Crippen molar-refractivity contribution in [2.75, 3.05) is 6.61 Å². The molecule has 0 N–H and O–H groups in total. The molecule has 0 amide bonds. The van der Waals surface area contributed by atoms with Crippen LogP contribution in [0.4, 0.5) is 13.2 Å². The number of aryl methyl sites for hydroxylation is 2. The zero-order chi connectivity index (χ0) is 21.5. The van der Waals surface area contributed by atoms with Crippen molar-refractivity contribution >= 4 is 0 Å². The normalized spacial score (nSPS) is 16.8. The van der Waals surface area contributed by atoms with Crippen LogP contribution in [0.1, 0.15) is 24.0 Å². The largest absolute Gasteiger partial charge is 0.573 e. The molecule has 1 aromatic carbocycles. The number of fused-ring (bicyclic) bond motifs is 1. The smallest absolute Gasteiger partial charge is 0.406 e. The number of hydrogen-bond donors (Lipinski definition) is 0. The third kappa shape index (κ3) is 4.33. The number of aromatic nitrogens is 3. The molecule has 0 unspecified atom stereocenters. The van der Waals surface area contributed by atoms with Crippen LogP contribution in [-0.4, -0.2) is 33.6 Å². The fraction of sp³-hybridized carbons (Fsp3) is 0.364. The van der Waals surface area contributed by atoms with Crippen molar-refractivity contribution in [1.82, 2.24) is 14.5 Å². The minimum Gasteiger partial charge on any atom is -0.406 e. The van der Waals surface area contributed by atoms with E-state index in [9.17, 15) is 13.2 Å². The molecular formula is C22H22F3N3O2. The Labute approximate surface area is 172 Å². The molecule has 0 aliphatic carbocycles. The van der Waals surface area contributed by atoms with E-state index in [0.29, 0.717) is 31.0 Å². The molecule has 1 aliphatic heterocycles. The van der Waals surface area contributed by atoms with Gasteiger partial charge in [-0.25, -0.2) is 4.98 Å². The second-order valence-corrected chi connectivity index (χ2v) is 7.48. The number of imidazole rings is 1. The number of pyridine rings is 1. The molecule has 4 rings (SSSR count). The molecule has 0 saturated carbocycles. The minimum absolute atomic E-state index is 0.000739. The summed E-state index contributed by atoms with van der Waals surface area (Å²) < 4.78 is 49.4. The van der Waals surface area contributed by atoms with Crippen LogP contribution in [-0.2, 0) is 17.7 Å². The predicted octanol–water partition coefficient (Wildman–Crippen LogP) is 5.09. The van der Waals surface area contributed by atoms with Crippen LogP contribution in [0.25, 0.3) is 22.6 Å². The van der Waals surface area contributed by atoms with Gasteiger partial charge < -0.3 is 14.0 Å². The van der Waals surface area contributed by atoms with E-state index in [0.717, 1.165) is 28.3 Å². The number of halogens is 3. The van der Waals surface area contributed by atoms with Crippen molar-refractivity contribution in [2.45, 2.75) is 46.2 Å². The lowest BCUT2D eigenvalue weighted by atomic mass is 10.1. The molecule has 3 heterocycles. The lowest BCUT2D eigenvalue weighted by Gasteiger charge is -2.13. The summed E-state index contributed by atoms with van der Waals surface area (Å²) >= 11 is 0. The Morgan fingerprint density at radius 1 is 1.03 bits per heavy atom. The fourth-order valence-electron chi connectivity index (χ4n) is 3.83. The Kier molecular flexibility index (Phi) is 5.27. The van der Waals surface area contributed by atoms with E-state index in [-0.39, 0.29) is 11.9 Å². The first-order valence-corrected chi connectivity index (χ1v) is 9.72. The van der Waals surface area contributed by atoms with Gasteiger partial charge in [-0.15, -0.1) is 13.2 Å². The molecule has 0 saturated heterocycles. The van der Waals surface area contributed by atoms with E-state index >= 15 is 0 Å². The molecule has 3 aromatic rings. The van der Waals surface area contributed by atoms with Gasteiger partial charge in [0.1, 0.15) is 11.6 Å². The summed E-state index contributed by atoms with van der Waals surface area (Å²) in [7, 11) is 0. The highest BCUT2D eigenvalue weighted by Crippen LogP contribution is 2.33. The van der Waals surface area contributed by atoms with Crippen molar-refractivity contribution in [3.63, 3.8) is 0 Å². The summed E-state index contributed by atoms with van der Waals surface area (Å²) in [5, 5.41) is 0. The van der Waals surface area contributed by atoms with E-state index in [1.807, 2.05) is 32.9 Å². The van der Waals surface area contributed by atoms with E-state index in [4.69, 9.17) is 9.72 Å². The number of rotatable bonds is 3. The summed E-state index contributed by atoms with van der Waals surface area (Å²) in [5.41, 5.74) is 5.40. The second kappa shape index (κ2) is 7.75. The summed E-state index contributed by atoms with van der Waals surface area (Å²) in [5.74, 6) is 0.439. The van der Waals surface area contributed by atoms with Crippen LogP contribution in [0, 0.1) is 13.8 Å². The first-order valence-electron chi connectivity index (χ1n) is 9.72. The third-order valence-corrected chi connectivity index (χ3v) is 4.95. The third-order valence-electron chi connectivity index (χ3n) is 4.95. The monoisotopic (exact) mass is 417 g/mol. The van der Waals surface area contributed by atoms with E-state index in [2.05, 4.69) is 14.3 Å². The standard InChI is InChI=1S/C22H22F3N3O2/c1-13-10-17(11-14(2)26-13)20-19-8-9-29-15(3)12-28(19)21(27-20)16-4-6-18(7-5-16)30-22(23,24)25/h4-7,10-11,15H,8-9,12H2,1-3H3/t15-/m1/s1. The average Bonchev–Trinajstić information content (AvgIpc) is 2.87. The van der Waals surface area contributed by atoms with Crippen molar-refractivity contribution in [3.8, 4) is 28.4 Å². The molecule has 8 heteroatoms. The molecule has 158 valence electrons. The van der Waals surface area contributed by atoms with Crippen LogP contribution in [0.15, 0.2) is 36.4 Å². The predicted molar refractivity (Wildman–Crippen MR) is 106 cm³/mol. The zero-order valence-corrected chi connectivity index (χ0v) is 17.0. The van der Waals surface area contributed by atoms with Crippen LogP contribution in [0.5, 0.6) is 5.75 Å². The number of benzene rings is 1. The highest BCUT2D eigenvalue weighted by atomic mass is 19.4. The Hall–Kier alpha value is -2.87. The van der Waals surface area contributed by atoms with Gasteiger partial charge in [0, 0.05) is 34.6 Å². The van der Waals surface area contributed by atoms with Crippen molar-refractivity contribution in [1.29, 1.82) is 0 Å². The van der Waals surface area contributed by atoms with Crippen molar-refractivity contribution in [3.05, 3.63) is 53.5 Å². The Bertz CT molecular complexity index is 1040. The molecule has 0 radical (unpaired) electrons. The van der Waals surface area contributed by atoms with E-state index < -0.39 is 6.36 Å². The summed E-state index contributed by atoms with van der Waals surface area (Å²) in [6.45, 7) is 7.08. The zero-order valence-electron chi connectivity index (χ0n) is 17.0. The lowest BCUT2D eigenvalue weighted by Crippen LogP contribution is -2.17. The second-order valence-electron chi connectivity index (χ2n) is 7.48. The van der Waals surface area contributed by atoms with Crippen LogP contribution in [0.3, 0.4) is 0 Å². The van der Waals surface area contributed by atoms with E-state index in [1.165, 1.54) is 12.1 Å². The van der Waals surface area contributed by atoms with Gasteiger partial charge >= 0.3 is 6.36 Å². The number of hydrogen-bond acceptors (Lipinski definition) is 4. The molecular weight excluding hydrogens is 395 g/mol. The number of alkyl halides is 3. The Morgan fingerprint density at radius 2 is 1.70 bits per heavy atom. The molecule has 5 nitrogen and oxygen atoms in total. The quantitative estimate of drug-likeness (QED) is 0.596. The van der Waals surface area contributed by atoms with Gasteiger partial charge in [-0.3, -0.25) is 4.98 Å². The fourth-order valence-corrected chi connectivity index (χ4v) is 3.83. The van der Waals surface area contributed by atoms with Gasteiger partial charge in [-0.1, -0.05) is 0 Å². The molecule has 1 atom stereocenters. The van der Waals surface area contributed by atoms with Gasteiger partial charge in [-0.2, -0.15) is 0 Å². The highest BCUT2D eigenvalue weighted by molar-refractivity contribution is 5.69. The van der Waals surface area contributed by atoms with Crippen LogP contribution in [0.2, 0.25) is 0 Å². The average molecular weight is 417 g/mol. The summed E-state index contributed by atoms with van der Waals surface area (Å²) in [6.07, 6.45) is -4.02. The van der Waals surface area contributed by atoms with Gasteiger partial charge in [0.2, 0.25) is 0 Å². The summed E-state index contributed by atoms with van der Waals surface area (Å²) in [6, 6.07) is 9.80. The Balaban J connectivity index is 1.81.